The van der Waals surface area contributed by atoms with Crippen molar-refractivity contribution in [3.63, 3.8) is 0 Å². The lowest BCUT2D eigenvalue weighted by Gasteiger charge is -2.36. The van der Waals surface area contributed by atoms with Crippen LogP contribution in [0, 0.1) is 10.7 Å². The molecule has 0 bridgehead atoms. The molecule has 108 valence electrons. The highest BCUT2D eigenvalue weighted by molar-refractivity contribution is 5.62. The third-order valence-electron chi connectivity index (χ3n) is 3.64. The van der Waals surface area contributed by atoms with E-state index < -0.39 is 0 Å². The zero-order valence-corrected chi connectivity index (χ0v) is 11.4. The van der Waals surface area contributed by atoms with Gasteiger partial charge in [-0.3, -0.25) is 0 Å². The fraction of sp³-hybridized carbons (Fsp3) is 0.267. The first kappa shape index (κ1) is 13.5. The van der Waals surface area contributed by atoms with Crippen molar-refractivity contribution < 1.29 is 4.39 Å². The molecule has 0 unspecified atom stereocenters. The number of hydrogen-bond donors (Lipinski definition) is 0. The molecule has 1 aliphatic heterocycles. The van der Waals surface area contributed by atoms with Gasteiger partial charge in [0.25, 0.3) is 0 Å². The third-order valence-corrected chi connectivity index (χ3v) is 3.64. The minimum Gasteiger partial charge on any atom is -0.368 e. The number of benzene rings is 1. The molecule has 3 rings (SSSR count). The van der Waals surface area contributed by atoms with Crippen LogP contribution >= 0.6 is 0 Å². The molecule has 0 aliphatic carbocycles. The second kappa shape index (κ2) is 5.87. The predicted octanol–water partition coefficient (Wildman–Crippen LogP) is 2.95. The van der Waals surface area contributed by atoms with Gasteiger partial charge in [-0.2, -0.15) is 0 Å². The van der Waals surface area contributed by atoms with E-state index in [-0.39, 0.29) is 5.82 Å². The zero-order chi connectivity index (χ0) is 14.7. The van der Waals surface area contributed by atoms with E-state index >= 15 is 0 Å². The van der Waals surface area contributed by atoms with Crippen LogP contribution in [0.15, 0.2) is 47.8 Å². The lowest BCUT2D eigenvalue weighted by molar-refractivity contribution is 0.624. The normalized spacial score (nSPS) is 15.1. The van der Waals surface area contributed by atoms with E-state index in [1.807, 2.05) is 0 Å². The summed E-state index contributed by atoms with van der Waals surface area (Å²) >= 11 is 0. The summed E-state index contributed by atoms with van der Waals surface area (Å²) in [5.41, 5.74) is 1.37. The summed E-state index contributed by atoms with van der Waals surface area (Å²) in [7, 11) is 0. The number of anilines is 2. The van der Waals surface area contributed by atoms with Crippen molar-refractivity contribution in [1.29, 1.82) is 0 Å². The number of rotatable bonds is 3. The highest BCUT2D eigenvalue weighted by Gasteiger charge is 2.20. The summed E-state index contributed by atoms with van der Waals surface area (Å²) in [5, 5.41) is 3.02. The molecule has 6 heteroatoms. The van der Waals surface area contributed by atoms with Crippen LogP contribution in [0.1, 0.15) is 0 Å². The third kappa shape index (κ3) is 2.84. The summed E-state index contributed by atoms with van der Waals surface area (Å²) in [5.74, 6) is 0.402. The van der Waals surface area contributed by atoms with Gasteiger partial charge in [0, 0.05) is 38.1 Å². The molecule has 0 atom stereocenters. The standard InChI is InChI=1S/C15H15FN4O/c16-12-3-5-13(6-4-12)19-8-10-20(11-9-19)15-14(18-21)2-1-7-17-15/h1-7H,8-11H2. The van der Waals surface area contributed by atoms with E-state index in [0.29, 0.717) is 11.5 Å². The first-order valence-corrected chi connectivity index (χ1v) is 6.82. The van der Waals surface area contributed by atoms with Crippen LogP contribution in [0.4, 0.5) is 21.6 Å². The average molecular weight is 286 g/mol. The molecule has 0 radical (unpaired) electrons. The van der Waals surface area contributed by atoms with Gasteiger partial charge in [0.1, 0.15) is 11.5 Å². The number of nitrogens with zero attached hydrogens (tertiary/aromatic N) is 4. The molecule has 1 aromatic carbocycles. The van der Waals surface area contributed by atoms with E-state index in [4.69, 9.17) is 0 Å². The molecule has 0 saturated carbocycles. The first-order chi connectivity index (χ1) is 10.3. The Labute approximate surface area is 122 Å². The van der Waals surface area contributed by atoms with Crippen molar-refractivity contribution in [3.05, 3.63) is 53.3 Å². The molecule has 5 nitrogen and oxygen atoms in total. The van der Waals surface area contributed by atoms with Gasteiger partial charge in [-0.15, -0.1) is 4.91 Å². The Balaban J connectivity index is 1.70. The van der Waals surface area contributed by atoms with Crippen LogP contribution in [0.5, 0.6) is 0 Å². The number of piperazine rings is 1. The van der Waals surface area contributed by atoms with Gasteiger partial charge < -0.3 is 9.80 Å². The van der Waals surface area contributed by atoms with Crippen molar-refractivity contribution in [2.75, 3.05) is 36.0 Å². The van der Waals surface area contributed by atoms with Crippen molar-refractivity contribution in [2.24, 2.45) is 5.18 Å². The van der Waals surface area contributed by atoms with Crippen LogP contribution < -0.4 is 9.80 Å². The zero-order valence-electron chi connectivity index (χ0n) is 11.4. The van der Waals surface area contributed by atoms with Gasteiger partial charge in [0.05, 0.1) is 0 Å². The molecule has 1 saturated heterocycles. The predicted molar refractivity (Wildman–Crippen MR) is 80.5 cm³/mol. The monoisotopic (exact) mass is 286 g/mol. The Morgan fingerprint density at radius 2 is 1.67 bits per heavy atom. The fourth-order valence-electron chi connectivity index (χ4n) is 2.53. The van der Waals surface area contributed by atoms with Gasteiger partial charge in [-0.25, -0.2) is 9.37 Å². The highest BCUT2D eigenvalue weighted by atomic mass is 19.1. The molecular weight excluding hydrogens is 271 g/mol. The first-order valence-electron chi connectivity index (χ1n) is 6.82. The van der Waals surface area contributed by atoms with Crippen LogP contribution in [0.3, 0.4) is 0 Å². The highest BCUT2D eigenvalue weighted by Crippen LogP contribution is 2.27. The fourth-order valence-corrected chi connectivity index (χ4v) is 2.53. The largest absolute Gasteiger partial charge is 0.368 e. The van der Waals surface area contributed by atoms with Crippen LogP contribution in [0.2, 0.25) is 0 Å². The second-order valence-corrected chi connectivity index (χ2v) is 4.89. The smallest absolute Gasteiger partial charge is 0.158 e. The Hall–Kier alpha value is -2.50. The number of hydrogen-bond acceptors (Lipinski definition) is 5. The quantitative estimate of drug-likeness (QED) is 0.814. The number of aromatic nitrogens is 1. The molecule has 21 heavy (non-hydrogen) atoms. The van der Waals surface area contributed by atoms with Gasteiger partial charge in [0.15, 0.2) is 5.82 Å². The van der Waals surface area contributed by atoms with Gasteiger partial charge in [0.2, 0.25) is 0 Å². The van der Waals surface area contributed by atoms with Crippen molar-refractivity contribution in [3.8, 4) is 0 Å². The maximum absolute atomic E-state index is 12.9. The Morgan fingerprint density at radius 3 is 2.33 bits per heavy atom. The molecule has 0 spiro atoms. The van der Waals surface area contributed by atoms with E-state index in [0.717, 1.165) is 31.9 Å². The summed E-state index contributed by atoms with van der Waals surface area (Å²) in [6, 6.07) is 9.87. The average Bonchev–Trinajstić information content (AvgIpc) is 2.56. The summed E-state index contributed by atoms with van der Waals surface area (Å²) < 4.78 is 12.9. The molecule has 2 aromatic rings. The van der Waals surface area contributed by atoms with Crippen LogP contribution in [-0.2, 0) is 0 Å². The Kier molecular flexibility index (Phi) is 3.77. The molecule has 2 heterocycles. The summed E-state index contributed by atoms with van der Waals surface area (Å²) in [6.07, 6.45) is 1.66. The van der Waals surface area contributed by atoms with Gasteiger partial charge >= 0.3 is 0 Å². The van der Waals surface area contributed by atoms with Crippen molar-refractivity contribution >= 4 is 17.2 Å². The maximum Gasteiger partial charge on any atom is 0.158 e. The summed E-state index contributed by atoms with van der Waals surface area (Å²) in [4.78, 5) is 19.3. The molecule has 1 aliphatic rings. The molecule has 0 amide bonds. The van der Waals surface area contributed by atoms with Crippen LogP contribution in [-0.4, -0.2) is 31.2 Å². The molecule has 1 fully saturated rings. The van der Waals surface area contributed by atoms with Gasteiger partial charge in [-0.1, -0.05) is 0 Å². The number of nitroso groups, excluding NO2 is 1. The Bertz CT molecular complexity index is 624. The molecule has 1 aromatic heterocycles. The van der Waals surface area contributed by atoms with E-state index in [9.17, 15) is 9.30 Å². The van der Waals surface area contributed by atoms with E-state index in [1.165, 1.54) is 12.1 Å². The van der Waals surface area contributed by atoms with Crippen LogP contribution in [0.25, 0.3) is 0 Å². The van der Waals surface area contributed by atoms with Crippen molar-refractivity contribution in [1.82, 2.24) is 4.98 Å². The minimum atomic E-state index is -0.229. The molecule has 0 N–H and O–H groups in total. The lowest BCUT2D eigenvalue weighted by atomic mass is 10.2. The minimum absolute atomic E-state index is 0.229. The van der Waals surface area contributed by atoms with E-state index in [1.54, 1.807) is 30.5 Å². The van der Waals surface area contributed by atoms with Crippen molar-refractivity contribution in [2.45, 2.75) is 0 Å². The SMILES string of the molecule is O=Nc1cccnc1N1CCN(c2ccc(F)cc2)CC1. The molecular formula is C15H15FN4O. The maximum atomic E-state index is 12.9. The lowest BCUT2D eigenvalue weighted by Crippen LogP contribution is -2.46. The van der Waals surface area contributed by atoms with Gasteiger partial charge in [-0.05, 0) is 41.6 Å². The second-order valence-electron chi connectivity index (χ2n) is 4.89. The number of pyridine rings is 1. The topological polar surface area (TPSA) is 48.8 Å². The Morgan fingerprint density at radius 1 is 1.00 bits per heavy atom. The van der Waals surface area contributed by atoms with E-state index in [2.05, 4.69) is 20.0 Å². The number of halogens is 1. The summed E-state index contributed by atoms with van der Waals surface area (Å²) in [6.45, 7) is 3.08.